The number of hydrogen-bond donors (Lipinski definition) is 2. The molecule has 0 radical (unpaired) electrons. The number of hydrogen-bond acceptors (Lipinski definition) is 6. The summed E-state index contributed by atoms with van der Waals surface area (Å²) < 4.78 is 0. The fourth-order valence-electron chi connectivity index (χ4n) is 5.53. The van der Waals surface area contributed by atoms with E-state index in [0.29, 0.717) is 43.7 Å². The van der Waals surface area contributed by atoms with Crippen molar-refractivity contribution in [3.63, 3.8) is 0 Å². The Morgan fingerprint density at radius 1 is 1.03 bits per heavy atom. The summed E-state index contributed by atoms with van der Waals surface area (Å²) in [5.41, 5.74) is 1.42. The molecule has 1 heterocycles. The van der Waals surface area contributed by atoms with Crippen molar-refractivity contribution in [2.24, 2.45) is 17.0 Å². The van der Waals surface area contributed by atoms with Gasteiger partial charge in [0.1, 0.15) is 4.88 Å². The fraction of sp³-hybridized carbons (Fsp3) is 0.680. The number of anilines is 1. The molecule has 1 aromatic heterocycles. The number of nitrogens with zero attached hydrogens (tertiary/aromatic N) is 2. The highest BCUT2D eigenvalue weighted by molar-refractivity contribution is 7.15. The molecule has 180 valence electrons. The molecule has 1 aromatic rings. The quantitative estimate of drug-likeness (QED) is 0.581. The maximum absolute atomic E-state index is 13.9. The molecule has 1 atom stereocenters. The van der Waals surface area contributed by atoms with E-state index in [4.69, 9.17) is 0 Å². The van der Waals surface area contributed by atoms with Crippen molar-refractivity contribution in [1.82, 2.24) is 0 Å². The Hall–Kier alpha value is -1.90. The number of thiophene rings is 1. The number of rotatable bonds is 5. The van der Waals surface area contributed by atoms with Gasteiger partial charge in [-0.3, -0.25) is 9.59 Å². The normalized spacial score (nSPS) is 30.4. The van der Waals surface area contributed by atoms with Crippen LogP contribution in [-0.2, 0) is 4.79 Å². The first-order valence-electron chi connectivity index (χ1n) is 12.3. The largest absolute Gasteiger partial charge is 0.393 e. The minimum Gasteiger partial charge on any atom is -0.393 e. The Kier molecular flexibility index (Phi) is 7.76. The van der Waals surface area contributed by atoms with E-state index in [2.05, 4.69) is 12.1 Å². The Bertz CT molecular complexity index is 910. The van der Waals surface area contributed by atoms with Gasteiger partial charge in [0.05, 0.1) is 17.9 Å². The van der Waals surface area contributed by atoms with E-state index < -0.39 is 12.0 Å². The molecule has 4 rings (SSSR count). The zero-order chi connectivity index (χ0) is 23.5. The second kappa shape index (κ2) is 10.6. The van der Waals surface area contributed by atoms with E-state index in [1.807, 2.05) is 12.1 Å². The number of allylic oxidation sites excluding steroid dienone is 1. The zero-order valence-electron chi connectivity index (χ0n) is 19.2. The third-order valence-electron chi connectivity index (χ3n) is 7.54. The molecule has 2 N–H and O–H groups in total. The van der Waals surface area contributed by atoms with Crippen molar-refractivity contribution >= 4 is 34.4 Å². The number of carbonyl (C=O) groups is 2. The van der Waals surface area contributed by atoms with Crippen LogP contribution < -0.4 is 4.90 Å². The molecule has 2 saturated carbocycles. The average molecular weight is 475 g/mol. The topological polar surface area (TPSA) is 107 Å². The highest BCUT2D eigenvalue weighted by atomic mass is 32.1. The molecule has 7 nitrogen and oxygen atoms in total. The van der Waals surface area contributed by atoms with Crippen molar-refractivity contribution in [2.75, 3.05) is 4.90 Å². The van der Waals surface area contributed by atoms with Gasteiger partial charge in [-0.15, -0.1) is 16.2 Å². The molecule has 2 fully saturated rings. The number of amides is 2. The first-order valence-corrected chi connectivity index (χ1v) is 13.1. The van der Waals surface area contributed by atoms with Crippen molar-refractivity contribution in [3.05, 3.63) is 26.8 Å². The number of aliphatic hydroxyl groups excluding tert-OH is 2. The zero-order valence-corrected chi connectivity index (χ0v) is 20.1. The molecule has 0 aliphatic heterocycles. The van der Waals surface area contributed by atoms with Crippen LogP contribution in [0.25, 0.3) is 5.57 Å². The molecule has 3 aliphatic rings. The SMILES string of the molecule is CC1CCC(C(=O)N(c2cc(C3=CC(O)CCC3)sc2C(=O)N=O)C2CCC(O)CC2)CC1. The van der Waals surface area contributed by atoms with Gasteiger partial charge in [-0.25, -0.2) is 0 Å². The van der Waals surface area contributed by atoms with E-state index in [0.717, 1.165) is 49.0 Å². The van der Waals surface area contributed by atoms with Crippen molar-refractivity contribution in [2.45, 2.75) is 95.8 Å². The molecule has 2 amide bonds. The highest BCUT2D eigenvalue weighted by Crippen LogP contribution is 2.42. The Labute approximate surface area is 198 Å². The monoisotopic (exact) mass is 474 g/mol. The summed E-state index contributed by atoms with van der Waals surface area (Å²) in [5.74, 6) is -0.324. The lowest BCUT2D eigenvalue weighted by atomic mass is 9.81. The summed E-state index contributed by atoms with van der Waals surface area (Å²) in [4.78, 5) is 40.5. The van der Waals surface area contributed by atoms with Crippen LogP contribution in [0.2, 0.25) is 0 Å². The lowest BCUT2D eigenvalue weighted by Gasteiger charge is -2.38. The van der Waals surface area contributed by atoms with Crippen LogP contribution in [0.5, 0.6) is 0 Å². The van der Waals surface area contributed by atoms with Gasteiger partial charge < -0.3 is 15.1 Å². The summed E-state index contributed by atoms with van der Waals surface area (Å²) in [6.07, 6.45) is 9.47. The van der Waals surface area contributed by atoms with E-state index in [1.54, 1.807) is 4.90 Å². The van der Waals surface area contributed by atoms with Gasteiger partial charge >= 0.3 is 5.91 Å². The van der Waals surface area contributed by atoms with Crippen LogP contribution in [0.15, 0.2) is 17.3 Å². The summed E-state index contributed by atoms with van der Waals surface area (Å²) in [6, 6.07) is 1.73. The average Bonchev–Trinajstić information content (AvgIpc) is 3.25. The van der Waals surface area contributed by atoms with Gasteiger partial charge in [-0.05, 0) is 88.2 Å². The van der Waals surface area contributed by atoms with Gasteiger partial charge in [0.2, 0.25) is 5.91 Å². The van der Waals surface area contributed by atoms with Gasteiger partial charge in [0.25, 0.3) is 0 Å². The number of carbonyl (C=O) groups excluding carboxylic acids is 2. The van der Waals surface area contributed by atoms with E-state index >= 15 is 0 Å². The maximum atomic E-state index is 13.9. The molecule has 0 spiro atoms. The molecule has 3 aliphatic carbocycles. The van der Waals surface area contributed by atoms with Crippen molar-refractivity contribution in [3.8, 4) is 0 Å². The third-order valence-corrected chi connectivity index (χ3v) is 8.73. The lowest BCUT2D eigenvalue weighted by Crippen LogP contribution is -2.47. The van der Waals surface area contributed by atoms with E-state index in [1.165, 1.54) is 11.3 Å². The van der Waals surface area contributed by atoms with Crippen molar-refractivity contribution < 1.29 is 19.8 Å². The molecule has 1 unspecified atom stereocenters. The maximum Gasteiger partial charge on any atom is 0.328 e. The van der Waals surface area contributed by atoms with Gasteiger partial charge in [0, 0.05) is 22.0 Å². The molecule has 33 heavy (non-hydrogen) atoms. The van der Waals surface area contributed by atoms with Crippen molar-refractivity contribution in [1.29, 1.82) is 0 Å². The molecular formula is C25H34N2O5S. The van der Waals surface area contributed by atoms with Crippen LogP contribution in [-0.4, -0.2) is 40.3 Å². The predicted molar refractivity (Wildman–Crippen MR) is 129 cm³/mol. The van der Waals surface area contributed by atoms with E-state index in [9.17, 15) is 24.7 Å². The smallest absolute Gasteiger partial charge is 0.328 e. The number of aliphatic hydroxyl groups is 2. The molecule has 0 bridgehead atoms. The summed E-state index contributed by atoms with van der Waals surface area (Å²) in [7, 11) is 0. The van der Waals surface area contributed by atoms with Crippen LogP contribution in [0.1, 0.15) is 92.1 Å². The van der Waals surface area contributed by atoms with Crippen LogP contribution in [0, 0.1) is 16.7 Å². The third kappa shape index (κ3) is 5.44. The molecule has 0 aromatic carbocycles. The van der Waals surface area contributed by atoms with Gasteiger partial charge in [-0.2, -0.15) is 0 Å². The molecule has 8 heteroatoms. The van der Waals surface area contributed by atoms with Crippen LogP contribution >= 0.6 is 11.3 Å². The molecule has 0 saturated heterocycles. The van der Waals surface area contributed by atoms with Crippen LogP contribution in [0.4, 0.5) is 5.69 Å². The summed E-state index contributed by atoms with van der Waals surface area (Å²) >= 11 is 1.19. The Morgan fingerprint density at radius 2 is 1.73 bits per heavy atom. The predicted octanol–water partition coefficient (Wildman–Crippen LogP) is 5.05. The number of nitroso groups, excluding NO2 is 1. The lowest BCUT2D eigenvalue weighted by molar-refractivity contribution is -0.124. The van der Waals surface area contributed by atoms with Gasteiger partial charge in [-0.1, -0.05) is 13.0 Å². The summed E-state index contributed by atoms with van der Waals surface area (Å²) in [6.45, 7) is 2.21. The minimum atomic E-state index is -0.857. The molecular weight excluding hydrogens is 440 g/mol. The first-order chi connectivity index (χ1) is 15.9. The fourth-order valence-corrected chi connectivity index (χ4v) is 6.61. The Balaban J connectivity index is 1.74. The first kappa shape index (κ1) is 24.2. The minimum absolute atomic E-state index is 0.0187. The van der Waals surface area contributed by atoms with Crippen LogP contribution in [0.3, 0.4) is 0 Å². The standard InChI is InChI=1S/C25H34N2O5S/c1-15-5-7-16(8-6-15)25(31)27(18-9-11-19(28)12-10-18)21-14-22(33-23(21)24(30)26-32)17-3-2-4-20(29)13-17/h13-16,18-20,28-29H,2-12H2,1H3. The highest BCUT2D eigenvalue weighted by Gasteiger charge is 2.37. The van der Waals surface area contributed by atoms with Gasteiger partial charge in [0.15, 0.2) is 0 Å². The van der Waals surface area contributed by atoms with E-state index in [-0.39, 0.29) is 28.8 Å². The second-order valence-electron chi connectivity index (χ2n) is 10.0. The second-order valence-corrected chi connectivity index (χ2v) is 11.1. The Morgan fingerprint density at radius 3 is 2.36 bits per heavy atom. The summed E-state index contributed by atoms with van der Waals surface area (Å²) in [5, 5.41) is 22.8.